The first-order valence-corrected chi connectivity index (χ1v) is 6.63. The van der Waals surface area contributed by atoms with Crippen molar-refractivity contribution in [1.82, 2.24) is 0 Å². The van der Waals surface area contributed by atoms with Crippen LogP contribution in [0.1, 0.15) is 19.3 Å². The molecule has 17 heavy (non-hydrogen) atoms. The predicted octanol–water partition coefficient (Wildman–Crippen LogP) is 3.19. The summed E-state index contributed by atoms with van der Waals surface area (Å²) in [6.07, 6.45) is 3.22. The van der Waals surface area contributed by atoms with E-state index < -0.39 is 0 Å². The first-order chi connectivity index (χ1) is 8.06. The molecular formula is C13H17BrFNO. The maximum atomic E-state index is 13.7. The van der Waals surface area contributed by atoms with Gasteiger partial charge in [0, 0.05) is 23.5 Å². The molecular weight excluding hydrogens is 285 g/mol. The zero-order valence-corrected chi connectivity index (χ0v) is 11.5. The van der Waals surface area contributed by atoms with E-state index in [-0.39, 0.29) is 17.8 Å². The van der Waals surface area contributed by atoms with E-state index in [4.69, 9.17) is 0 Å². The third-order valence-corrected chi connectivity index (χ3v) is 4.13. The van der Waals surface area contributed by atoms with Crippen molar-refractivity contribution in [3.05, 3.63) is 28.5 Å². The Labute approximate surface area is 110 Å². The Hall–Kier alpha value is -0.610. The molecule has 0 aliphatic heterocycles. The van der Waals surface area contributed by atoms with Gasteiger partial charge in [-0.3, -0.25) is 0 Å². The van der Waals surface area contributed by atoms with Crippen molar-refractivity contribution in [2.75, 3.05) is 25.1 Å². The van der Waals surface area contributed by atoms with E-state index in [0.717, 1.165) is 23.7 Å². The number of rotatable bonds is 4. The van der Waals surface area contributed by atoms with E-state index in [9.17, 15) is 9.50 Å². The molecule has 0 radical (unpaired) electrons. The molecule has 0 unspecified atom stereocenters. The summed E-state index contributed by atoms with van der Waals surface area (Å²) in [6, 6.07) is 4.93. The maximum absolute atomic E-state index is 13.7. The smallest absolute Gasteiger partial charge is 0.146 e. The van der Waals surface area contributed by atoms with Gasteiger partial charge in [0.05, 0.1) is 12.3 Å². The lowest BCUT2D eigenvalue weighted by Gasteiger charge is -2.43. The van der Waals surface area contributed by atoms with Crippen LogP contribution in [0.15, 0.2) is 22.7 Å². The molecule has 1 aliphatic rings. The van der Waals surface area contributed by atoms with Gasteiger partial charge in [0.1, 0.15) is 5.82 Å². The summed E-state index contributed by atoms with van der Waals surface area (Å²) in [5.74, 6) is -0.219. The first-order valence-electron chi connectivity index (χ1n) is 5.83. The zero-order valence-electron chi connectivity index (χ0n) is 9.92. The number of aliphatic hydroxyl groups is 1. The SMILES string of the molecule is CN(CC1(CO)CCC1)c1cc(Br)ccc1F. The van der Waals surface area contributed by atoms with Gasteiger partial charge in [0.15, 0.2) is 0 Å². The molecule has 0 atom stereocenters. The van der Waals surface area contributed by atoms with Crippen molar-refractivity contribution < 1.29 is 9.50 Å². The molecule has 1 aromatic rings. The number of hydrogen-bond acceptors (Lipinski definition) is 2. The lowest BCUT2D eigenvalue weighted by molar-refractivity contribution is 0.0523. The van der Waals surface area contributed by atoms with E-state index in [1.165, 1.54) is 6.07 Å². The van der Waals surface area contributed by atoms with Crippen molar-refractivity contribution in [2.24, 2.45) is 5.41 Å². The summed E-state index contributed by atoms with van der Waals surface area (Å²) in [5, 5.41) is 9.43. The normalized spacial score (nSPS) is 17.6. The summed E-state index contributed by atoms with van der Waals surface area (Å²) in [7, 11) is 1.88. The van der Waals surface area contributed by atoms with E-state index in [1.54, 1.807) is 12.1 Å². The molecule has 2 nitrogen and oxygen atoms in total. The van der Waals surface area contributed by atoms with E-state index in [2.05, 4.69) is 15.9 Å². The van der Waals surface area contributed by atoms with Crippen LogP contribution in [0, 0.1) is 11.2 Å². The topological polar surface area (TPSA) is 23.5 Å². The summed E-state index contributed by atoms with van der Waals surface area (Å²) in [5.41, 5.74) is 0.558. The summed E-state index contributed by atoms with van der Waals surface area (Å²) in [6.45, 7) is 0.893. The van der Waals surface area contributed by atoms with Gasteiger partial charge in [-0.2, -0.15) is 0 Å². The fourth-order valence-electron chi connectivity index (χ4n) is 2.41. The number of anilines is 1. The van der Waals surface area contributed by atoms with Crippen LogP contribution in [0.4, 0.5) is 10.1 Å². The lowest BCUT2D eigenvalue weighted by Crippen LogP contribution is -2.43. The van der Waals surface area contributed by atoms with Gasteiger partial charge in [-0.1, -0.05) is 22.4 Å². The Kier molecular flexibility index (Phi) is 3.73. The van der Waals surface area contributed by atoms with Crippen LogP contribution in [0.25, 0.3) is 0 Å². The molecule has 1 aliphatic carbocycles. The third-order valence-electron chi connectivity index (χ3n) is 3.64. The number of aliphatic hydroxyl groups excluding tert-OH is 1. The zero-order chi connectivity index (χ0) is 12.5. The van der Waals surface area contributed by atoms with Gasteiger partial charge in [0.25, 0.3) is 0 Å². The number of nitrogens with zero attached hydrogens (tertiary/aromatic N) is 1. The standard InChI is InChI=1S/C13H17BrFNO/c1-16(8-13(9-17)5-2-6-13)12-7-10(14)3-4-11(12)15/h3-4,7,17H,2,5-6,8-9H2,1H3. The highest BCUT2D eigenvalue weighted by atomic mass is 79.9. The van der Waals surface area contributed by atoms with E-state index >= 15 is 0 Å². The minimum atomic E-state index is -0.219. The molecule has 0 aromatic heterocycles. The van der Waals surface area contributed by atoms with Gasteiger partial charge in [-0.15, -0.1) is 0 Å². The summed E-state index contributed by atoms with van der Waals surface area (Å²) < 4.78 is 14.6. The van der Waals surface area contributed by atoms with Crippen molar-refractivity contribution >= 4 is 21.6 Å². The summed E-state index contributed by atoms with van der Waals surface area (Å²) >= 11 is 3.35. The molecule has 1 fully saturated rings. The fraction of sp³-hybridized carbons (Fsp3) is 0.538. The predicted molar refractivity (Wildman–Crippen MR) is 70.7 cm³/mol. The van der Waals surface area contributed by atoms with Crippen molar-refractivity contribution in [3.8, 4) is 0 Å². The fourth-order valence-corrected chi connectivity index (χ4v) is 2.76. The molecule has 4 heteroatoms. The minimum absolute atomic E-state index is 0.0243. The van der Waals surface area contributed by atoms with Gasteiger partial charge >= 0.3 is 0 Å². The second-order valence-corrected chi connectivity index (χ2v) is 5.88. The van der Waals surface area contributed by atoms with Crippen molar-refractivity contribution in [2.45, 2.75) is 19.3 Å². The number of hydrogen-bond donors (Lipinski definition) is 1. The Morgan fingerprint density at radius 2 is 2.18 bits per heavy atom. The van der Waals surface area contributed by atoms with Crippen LogP contribution in [-0.2, 0) is 0 Å². The quantitative estimate of drug-likeness (QED) is 0.923. The van der Waals surface area contributed by atoms with Crippen LogP contribution in [-0.4, -0.2) is 25.3 Å². The number of benzene rings is 1. The first kappa shape index (κ1) is 12.8. The van der Waals surface area contributed by atoms with Gasteiger partial charge in [-0.05, 0) is 31.0 Å². The molecule has 0 bridgehead atoms. The molecule has 1 N–H and O–H groups in total. The van der Waals surface area contributed by atoms with Gasteiger partial charge < -0.3 is 10.0 Å². The highest BCUT2D eigenvalue weighted by molar-refractivity contribution is 9.10. The third kappa shape index (κ3) is 2.63. The van der Waals surface area contributed by atoms with E-state index in [1.807, 2.05) is 11.9 Å². The molecule has 94 valence electrons. The van der Waals surface area contributed by atoms with E-state index in [0.29, 0.717) is 12.2 Å². The van der Waals surface area contributed by atoms with Crippen LogP contribution < -0.4 is 4.90 Å². The molecule has 0 heterocycles. The lowest BCUT2D eigenvalue weighted by atomic mass is 9.69. The minimum Gasteiger partial charge on any atom is -0.396 e. The molecule has 0 amide bonds. The van der Waals surface area contributed by atoms with Crippen LogP contribution in [0.5, 0.6) is 0 Å². The largest absolute Gasteiger partial charge is 0.396 e. The van der Waals surface area contributed by atoms with Crippen LogP contribution >= 0.6 is 15.9 Å². The Morgan fingerprint density at radius 1 is 1.47 bits per heavy atom. The molecule has 1 saturated carbocycles. The van der Waals surface area contributed by atoms with Crippen LogP contribution in [0.3, 0.4) is 0 Å². The second-order valence-electron chi connectivity index (χ2n) is 4.96. The maximum Gasteiger partial charge on any atom is 0.146 e. The average molecular weight is 302 g/mol. The molecule has 0 saturated heterocycles. The molecule has 2 rings (SSSR count). The molecule has 1 aromatic carbocycles. The van der Waals surface area contributed by atoms with Crippen molar-refractivity contribution in [3.63, 3.8) is 0 Å². The highest BCUT2D eigenvalue weighted by Gasteiger charge is 2.37. The van der Waals surface area contributed by atoms with Gasteiger partial charge in [-0.25, -0.2) is 4.39 Å². The van der Waals surface area contributed by atoms with Crippen molar-refractivity contribution in [1.29, 1.82) is 0 Å². The summed E-state index contributed by atoms with van der Waals surface area (Å²) in [4.78, 5) is 1.90. The number of halogens is 2. The average Bonchev–Trinajstić information content (AvgIpc) is 2.26. The monoisotopic (exact) mass is 301 g/mol. The second kappa shape index (κ2) is 4.94. The van der Waals surface area contributed by atoms with Crippen LogP contribution in [0.2, 0.25) is 0 Å². The Bertz CT molecular complexity index is 401. The highest BCUT2D eigenvalue weighted by Crippen LogP contribution is 2.41. The Balaban J connectivity index is 2.13. The Morgan fingerprint density at radius 3 is 2.71 bits per heavy atom. The van der Waals surface area contributed by atoms with Gasteiger partial charge in [0.2, 0.25) is 0 Å². The molecule has 0 spiro atoms.